The third kappa shape index (κ3) is 2.58. The average molecular weight is 191 g/mol. The fourth-order valence-corrected chi connectivity index (χ4v) is 1.30. The lowest BCUT2D eigenvalue weighted by Crippen LogP contribution is -2.04. The van der Waals surface area contributed by atoms with Crippen LogP contribution in [0.4, 0.5) is 4.39 Å². The molecule has 1 rings (SSSR count). The molecule has 2 heteroatoms. The monoisotopic (exact) mass is 191 g/mol. The van der Waals surface area contributed by atoms with Gasteiger partial charge in [-0.25, -0.2) is 4.39 Å². The largest absolute Gasteiger partial charge is 0.309 e. The summed E-state index contributed by atoms with van der Waals surface area (Å²) >= 11 is 0. The molecule has 1 nitrogen and oxygen atoms in total. The van der Waals surface area contributed by atoms with Crippen LogP contribution in [-0.4, -0.2) is 13.6 Å². The van der Waals surface area contributed by atoms with Crippen molar-refractivity contribution in [2.75, 3.05) is 13.6 Å². The first-order valence-electron chi connectivity index (χ1n) is 4.55. The molecule has 14 heavy (non-hydrogen) atoms. The minimum atomic E-state index is -0.230. The van der Waals surface area contributed by atoms with E-state index < -0.39 is 0 Å². The van der Waals surface area contributed by atoms with E-state index in [9.17, 15) is 4.39 Å². The summed E-state index contributed by atoms with van der Waals surface area (Å²) in [6, 6.07) is 3.45. The maximum Gasteiger partial charge on any atom is 0.139 e. The fourth-order valence-electron chi connectivity index (χ4n) is 1.30. The standard InChI is InChI=1S/C12H14FN/c1-9-7-10(2)11(12(13)8-9)5-4-6-14-3/h7-8,14H,6H2,1-3H3. The Morgan fingerprint density at radius 3 is 2.64 bits per heavy atom. The Morgan fingerprint density at radius 1 is 1.36 bits per heavy atom. The molecule has 0 heterocycles. The second-order valence-corrected chi connectivity index (χ2v) is 3.27. The summed E-state index contributed by atoms with van der Waals surface area (Å²) in [5.74, 6) is 5.44. The highest BCUT2D eigenvalue weighted by Crippen LogP contribution is 2.13. The summed E-state index contributed by atoms with van der Waals surface area (Å²) in [6.07, 6.45) is 0. The average Bonchev–Trinajstić information content (AvgIpc) is 2.09. The minimum absolute atomic E-state index is 0.230. The van der Waals surface area contributed by atoms with Gasteiger partial charge in [0.05, 0.1) is 12.1 Å². The fraction of sp³-hybridized carbons (Fsp3) is 0.333. The van der Waals surface area contributed by atoms with Crippen LogP contribution in [0.3, 0.4) is 0 Å². The van der Waals surface area contributed by atoms with Crippen LogP contribution in [0.25, 0.3) is 0 Å². The number of aryl methyl sites for hydroxylation is 2. The maximum absolute atomic E-state index is 13.4. The molecule has 0 radical (unpaired) electrons. The first kappa shape index (κ1) is 10.7. The number of nitrogens with one attached hydrogen (secondary N) is 1. The third-order valence-corrected chi connectivity index (χ3v) is 1.91. The molecule has 0 unspecified atom stereocenters. The second-order valence-electron chi connectivity index (χ2n) is 3.27. The molecule has 0 aliphatic rings. The van der Waals surface area contributed by atoms with Crippen molar-refractivity contribution in [2.24, 2.45) is 0 Å². The van der Waals surface area contributed by atoms with Crippen LogP contribution in [-0.2, 0) is 0 Å². The molecule has 0 saturated heterocycles. The SMILES string of the molecule is CNCC#Cc1c(C)cc(C)cc1F. The summed E-state index contributed by atoms with van der Waals surface area (Å²) in [6.45, 7) is 4.33. The highest BCUT2D eigenvalue weighted by atomic mass is 19.1. The quantitative estimate of drug-likeness (QED) is 0.670. The van der Waals surface area contributed by atoms with Gasteiger partial charge in [-0.3, -0.25) is 0 Å². The molecule has 74 valence electrons. The molecule has 0 spiro atoms. The second kappa shape index (κ2) is 4.78. The van der Waals surface area contributed by atoms with Gasteiger partial charge in [-0.2, -0.15) is 0 Å². The predicted molar refractivity (Wildman–Crippen MR) is 56.7 cm³/mol. The van der Waals surface area contributed by atoms with Gasteiger partial charge in [0.25, 0.3) is 0 Å². The molecule has 1 aromatic carbocycles. The van der Waals surface area contributed by atoms with Gasteiger partial charge in [-0.1, -0.05) is 17.9 Å². The van der Waals surface area contributed by atoms with E-state index in [1.807, 2.05) is 27.0 Å². The highest BCUT2D eigenvalue weighted by molar-refractivity contribution is 5.43. The zero-order chi connectivity index (χ0) is 10.6. The van der Waals surface area contributed by atoms with Crippen molar-refractivity contribution >= 4 is 0 Å². The summed E-state index contributed by atoms with van der Waals surface area (Å²) in [7, 11) is 1.81. The van der Waals surface area contributed by atoms with Crippen LogP contribution in [0.1, 0.15) is 16.7 Å². The van der Waals surface area contributed by atoms with E-state index in [0.717, 1.165) is 11.1 Å². The van der Waals surface area contributed by atoms with E-state index in [0.29, 0.717) is 12.1 Å². The lowest BCUT2D eigenvalue weighted by atomic mass is 10.1. The zero-order valence-electron chi connectivity index (χ0n) is 8.74. The molecule has 0 saturated carbocycles. The lowest BCUT2D eigenvalue weighted by Gasteiger charge is -2.01. The van der Waals surface area contributed by atoms with Crippen molar-refractivity contribution in [3.63, 3.8) is 0 Å². The van der Waals surface area contributed by atoms with Gasteiger partial charge in [0, 0.05) is 0 Å². The lowest BCUT2D eigenvalue weighted by molar-refractivity contribution is 0.621. The molecule has 0 amide bonds. The van der Waals surface area contributed by atoms with Gasteiger partial charge >= 0.3 is 0 Å². The Labute approximate surface area is 84.3 Å². The molecule has 0 atom stereocenters. The Balaban J connectivity index is 3.04. The molecular formula is C12H14FN. The van der Waals surface area contributed by atoms with Crippen molar-refractivity contribution in [1.82, 2.24) is 5.32 Å². The molecule has 0 aromatic heterocycles. The molecular weight excluding hydrogens is 177 g/mol. The summed E-state index contributed by atoms with van der Waals surface area (Å²) in [4.78, 5) is 0. The number of hydrogen-bond donors (Lipinski definition) is 1. The van der Waals surface area contributed by atoms with Crippen LogP contribution in [0.5, 0.6) is 0 Å². The van der Waals surface area contributed by atoms with Crippen LogP contribution < -0.4 is 5.32 Å². The van der Waals surface area contributed by atoms with E-state index in [2.05, 4.69) is 17.2 Å². The van der Waals surface area contributed by atoms with Gasteiger partial charge in [-0.05, 0) is 38.1 Å². The van der Waals surface area contributed by atoms with E-state index >= 15 is 0 Å². The van der Waals surface area contributed by atoms with Crippen molar-refractivity contribution in [3.05, 3.63) is 34.6 Å². The zero-order valence-corrected chi connectivity index (χ0v) is 8.74. The van der Waals surface area contributed by atoms with Crippen molar-refractivity contribution < 1.29 is 4.39 Å². The van der Waals surface area contributed by atoms with Gasteiger partial charge in [0.2, 0.25) is 0 Å². The van der Waals surface area contributed by atoms with E-state index in [-0.39, 0.29) is 5.82 Å². The predicted octanol–water partition coefficient (Wildman–Crippen LogP) is 2.01. The number of halogens is 1. The van der Waals surface area contributed by atoms with Gasteiger partial charge in [-0.15, -0.1) is 0 Å². The maximum atomic E-state index is 13.4. The summed E-state index contributed by atoms with van der Waals surface area (Å²) < 4.78 is 13.4. The summed E-state index contributed by atoms with van der Waals surface area (Å²) in [5, 5.41) is 2.89. The molecule has 0 bridgehead atoms. The summed E-state index contributed by atoms with van der Waals surface area (Å²) in [5.41, 5.74) is 2.33. The van der Waals surface area contributed by atoms with E-state index in [4.69, 9.17) is 0 Å². The van der Waals surface area contributed by atoms with E-state index in [1.165, 1.54) is 6.07 Å². The number of rotatable bonds is 1. The molecule has 0 fully saturated rings. The Bertz CT molecular complexity index is 362. The normalized spacial score (nSPS) is 9.43. The van der Waals surface area contributed by atoms with Crippen LogP contribution in [0.15, 0.2) is 12.1 Å². The topological polar surface area (TPSA) is 12.0 Å². The third-order valence-electron chi connectivity index (χ3n) is 1.91. The first-order valence-corrected chi connectivity index (χ1v) is 4.55. The van der Waals surface area contributed by atoms with Crippen LogP contribution in [0, 0.1) is 31.5 Å². The highest BCUT2D eigenvalue weighted by Gasteiger charge is 2.03. The Kier molecular flexibility index (Phi) is 3.67. The van der Waals surface area contributed by atoms with Crippen molar-refractivity contribution in [1.29, 1.82) is 0 Å². The van der Waals surface area contributed by atoms with Gasteiger partial charge in [0.15, 0.2) is 0 Å². The molecule has 1 N–H and O–H groups in total. The van der Waals surface area contributed by atoms with Gasteiger partial charge < -0.3 is 5.32 Å². The number of benzene rings is 1. The smallest absolute Gasteiger partial charge is 0.139 e. The van der Waals surface area contributed by atoms with Crippen molar-refractivity contribution in [2.45, 2.75) is 13.8 Å². The molecule has 0 aliphatic carbocycles. The molecule has 0 aliphatic heterocycles. The van der Waals surface area contributed by atoms with Crippen LogP contribution >= 0.6 is 0 Å². The van der Waals surface area contributed by atoms with E-state index in [1.54, 1.807) is 0 Å². The van der Waals surface area contributed by atoms with Crippen LogP contribution in [0.2, 0.25) is 0 Å². The van der Waals surface area contributed by atoms with Crippen molar-refractivity contribution in [3.8, 4) is 11.8 Å². The molecule has 1 aromatic rings. The Morgan fingerprint density at radius 2 is 2.07 bits per heavy atom. The first-order chi connectivity index (χ1) is 6.65. The van der Waals surface area contributed by atoms with Gasteiger partial charge in [0.1, 0.15) is 5.82 Å². The number of hydrogen-bond acceptors (Lipinski definition) is 1. The minimum Gasteiger partial charge on any atom is -0.309 e. The Hall–Kier alpha value is -1.33.